The molecule has 0 heterocycles. The molecule has 0 aromatic heterocycles. The number of hydrogen-bond acceptors (Lipinski definition) is 8. The van der Waals surface area contributed by atoms with E-state index >= 15 is 0 Å². The van der Waals surface area contributed by atoms with Crippen molar-refractivity contribution in [2.75, 3.05) is 39.6 Å². The van der Waals surface area contributed by atoms with E-state index < -0.39 is 18.3 Å². The Labute approximate surface area is 95.5 Å². The van der Waals surface area contributed by atoms with E-state index in [1.54, 1.807) is 0 Å². The molecule has 10 heteroatoms. The first-order chi connectivity index (χ1) is 7.63. The van der Waals surface area contributed by atoms with Crippen molar-refractivity contribution in [3.63, 3.8) is 0 Å². The Kier molecular flexibility index (Phi) is 10.1. The second-order valence-electron chi connectivity index (χ2n) is 2.42. The molecule has 8 nitrogen and oxygen atoms in total. The zero-order valence-corrected chi connectivity index (χ0v) is 10.5. The molecular weight excluding hydrogens is 256 g/mol. The molecular formula is C6H12O8Si2-2. The summed E-state index contributed by atoms with van der Waals surface area (Å²) >= 11 is 0. The van der Waals surface area contributed by atoms with Crippen LogP contribution in [0.3, 0.4) is 0 Å². The average molecular weight is 268 g/mol. The Morgan fingerprint density at radius 1 is 0.688 bits per heavy atom. The largest absolute Gasteiger partial charge is 0.586 e. The Bertz CT molecular complexity index is 189. The summed E-state index contributed by atoms with van der Waals surface area (Å²) in [5.74, 6) is 0. The lowest BCUT2D eigenvalue weighted by Crippen LogP contribution is -2.26. The molecule has 0 rings (SSSR count). The zero-order valence-electron chi connectivity index (χ0n) is 8.51. The molecule has 0 aromatic carbocycles. The van der Waals surface area contributed by atoms with Crippen molar-refractivity contribution >= 4 is 18.3 Å². The molecule has 0 radical (unpaired) electrons. The second-order valence-corrected chi connectivity index (χ2v) is 4.00. The van der Waals surface area contributed by atoms with E-state index in [4.69, 9.17) is 9.47 Å². The molecule has 0 bridgehead atoms. The lowest BCUT2D eigenvalue weighted by Gasteiger charge is -2.10. The van der Waals surface area contributed by atoms with Gasteiger partial charge in [0.15, 0.2) is 0 Å². The van der Waals surface area contributed by atoms with Crippen LogP contribution in [0.2, 0.25) is 0 Å². The van der Waals surface area contributed by atoms with Crippen LogP contribution in [-0.4, -0.2) is 58.0 Å². The van der Waals surface area contributed by atoms with Gasteiger partial charge in [0.2, 0.25) is 0 Å². The molecule has 0 saturated carbocycles. The van der Waals surface area contributed by atoms with Crippen molar-refractivity contribution in [1.82, 2.24) is 0 Å². The van der Waals surface area contributed by atoms with Crippen LogP contribution in [0.25, 0.3) is 0 Å². The molecule has 94 valence electrons. The van der Waals surface area contributed by atoms with E-state index in [1.807, 2.05) is 0 Å². The van der Waals surface area contributed by atoms with Gasteiger partial charge < -0.3 is 36.8 Å². The molecule has 0 amide bonds. The Morgan fingerprint density at radius 3 is 1.31 bits per heavy atom. The van der Waals surface area contributed by atoms with Gasteiger partial charge in [0.1, 0.15) is 0 Å². The molecule has 0 aliphatic heterocycles. The molecule has 0 unspecified atom stereocenters. The summed E-state index contributed by atoms with van der Waals surface area (Å²) in [5.41, 5.74) is 0. The first kappa shape index (κ1) is 15.2. The zero-order chi connectivity index (χ0) is 12.2. The normalized spacial score (nSPS) is 9.75. The van der Waals surface area contributed by atoms with Crippen LogP contribution >= 0.6 is 0 Å². The number of ether oxygens (including phenoxy) is 2. The lowest BCUT2D eigenvalue weighted by atomic mass is 10.7. The van der Waals surface area contributed by atoms with Crippen molar-refractivity contribution in [2.24, 2.45) is 0 Å². The predicted molar refractivity (Wildman–Crippen MR) is 46.4 cm³/mol. The second kappa shape index (κ2) is 10.7. The molecule has 0 aromatic rings. The highest BCUT2D eigenvalue weighted by Crippen LogP contribution is 1.81. The van der Waals surface area contributed by atoms with E-state index in [0.29, 0.717) is 0 Å². The molecule has 0 saturated heterocycles. The van der Waals surface area contributed by atoms with Crippen molar-refractivity contribution in [2.45, 2.75) is 0 Å². The van der Waals surface area contributed by atoms with Gasteiger partial charge >= 0.3 is 18.3 Å². The van der Waals surface area contributed by atoms with Crippen LogP contribution in [0.1, 0.15) is 0 Å². The monoisotopic (exact) mass is 268 g/mol. The van der Waals surface area contributed by atoms with Gasteiger partial charge in [-0.1, -0.05) is 0 Å². The van der Waals surface area contributed by atoms with Crippen LogP contribution in [0.5, 0.6) is 0 Å². The average Bonchev–Trinajstić information content (AvgIpc) is 2.20. The summed E-state index contributed by atoms with van der Waals surface area (Å²) in [6, 6.07) is 0. The van der Waals surface area contributed by atoms with Gasteiger partial charge in [-0.05, 0) is 0 Å². The SMILES string of the molecule is O=[Si]([O-])OCCOCCOCCO[Si](=O)[O-]. The van der Waals surface area contributed by atoms with Gasteiger partial charge in [-0.15, -0.1) is 0 Å². The van der Waals surface area contributed by atoms with Gasteiger partial charge in [0, 0.05) is 13.2 Å². The summed E-state index contributed by atoms with van der Waals surface area (Å²) in [7, 11) is -6.26. The predicted octanol–water partition coefficient (Wildman–Crippen LogP) is -3.40. The summed E-state index contributed by atoms with van der Waals surface area (Å²) in [4.78, 5) is 19.9. The smallest absolute Gasteiger partial charge is 0.413 e. The van der Waals surface area contributed by atoms with Crippen LogP contribution in [0, 0.1) is 0 Å². The molecule has 0 spiro atoms. The van der Waals surface area contributed by atoms with Gasteiger partial charge in [0.25, 0.3) is 0 Å². The fraction of sp³-hybridized carbons (Fsp3) is 1.00. The van der Waals surface area contributed by atoms with Crippen LogP contribution < -0.4 is 9.59 Å². The minimum Gasteiger partial charge on any atom is -0.586 e. The van der Waals surface area contributed by atoms with Gasteiger partial charge in [0.05, 0.1) is 26.4 Å². The van der Waals surface area contributed by atoms with Crippen LogP contribution in [0.15, 0.2) is 0 Å². The summed E-state index contributed by atoms with van der Waals surface area (Å²) in [6.45, 7) is 0.843. The van der Waals surface area contributed by atoms with Gasteiger partial charge in [-0.25, -0.2) is 0 Å². The Balaban J connectivity index is 2.98. The van der Waals surface area contributed by atoms with Crippen molar-refractivity contribution in [1.29, 1.82) is 0 Å². The molecule has 0 N–H and O–H groups in total. The van der Waals surface area contributed by atoms with Crippen LogP contribution in [0.4, 0.5) is 0 Å². The third-order valence-electron chi connectivity index (χ3n) is 1.27. The fourth-order valence-corrected chi connectivity index (χ4v) is 1.19. The molecule has 0 fully saturated rings. The first-order valence-corrected chi connectivity index (χ1v) is 6.91. The van der Waals surface area contributed by atoms with E-state index in [2.05, 4.69) is 8.85 Å². The summed E-state index contributed by atoms with van der Waals surface area (Å²) in [6.07, 6.45) is 0. The maximum Gasteiger partial charge on any atom is 0.413 e. The molecule has 0 aliphatic carbocycles. The maximum atomic E-state index is 9.97. The maximum absolute atomic E-state index is 9.97. The van der Waals surface area contributed by atoms with E-state index in [-0.39, 0.29) is 39.6 Å². The standard InChI is InChI=1S/C6H12O8Si2/c7-15(8)13-5-3-11-1-2-12-4-6-14-16(9)10/h1-6H2/q-2. The lowest BCUT2D eigenvalue weighted by molar-refractivity contribution is -0.231. The van der Waals surface area contributed by atoms with Crippen molar-refractivity contribution < 1.29 is 36.8 Å². The third kappa shape index (κ3) is 13.2. The van der Waals surface area contributed by atoms with Crippen molar-refractivity contribution in [3.05, 3.63) is 0 Å². The summed E-state index contributed by atoms with van der Waals surface area (Å²) < 4.78 is 38.3. The number of rotatable bonds is 11. The fourth-order valence-electron chi connectivity index (χ4n) is 0.690. The highest BCUT2D eigenvalue weighted by Gasteiger charge is 1.91. The highest BCUT2D eigenvalue weighted by atomic mass is 28.3. The highest BCUT2D eigenvalue weighted by molar-refractivity contribution is 6.22. The Morgan fingerprint density at radius 2 is 1.00 bits per heavy atom. The van der Waals surface area contributed by atoms with Crippen LogP contribution in [-0.2, 0) is 27.2 Å². The van der Waals surface area contributed by atoms with Gasteiger partial charge in [-0.3, -0.25) is 0 Å². The third-order valence-corrected chi connectivity index (χ3v) is 2.15. The molecule has 0 aliphatic rings. The van der Waals surface area contributed by atoms with Gasteiger partial charge in [-0.2, -0.15) is 0 Å². The molecule has 16 heavy (non-hydrogen) atoms. The van der Waals surface area contributed by atoms with E-state index in [1.165, 1.54) is 0 Å². The summed E-state index contributed by atoms with van der Waals surface area (Å²) in [5, 5.41) is 0. The molecule has 0 atom stereocenters. The topological polar surface area (TPSA) is 117 Å². The van der Waals surface area contributed by atoms with E-state index in [0.717, 1.165) is 0 Å². The Hall–Kier alpha value is -0.846. The first-order valence-electron chi connectivity index (χ1n) is 4.46. The van der Waals surface area contributed by atoms with E-state index in [9.17, 15) is 18.5 Å². The minimum absolute atomic E-state index is 0.0114. The minimum atomic E-state index is -3.13. The quantitative estimate of drug-likeness (QED) is 0.281. The van der Waals surface area contributed by atoms with Crippen molar-refractivity contribution in [3.8, 4) is 0 Å². The number of hydrogen-bond donors (Lipinski definition) is 0.